The van der Waals surface area contributed by atoms with E-state index >= 15 is 0 Å². The minimum atomic E-state index is 0.528. The monoisotopic (exact) mass is 303 g/mol. The van der Waals surface area contributed by atoms with Gasteiger partial charge in [0.1, 0.15) is 11.3 Å². The number of rotatable bonds is 2. The average molecular weight is 303 g/mol. The van der Waals surface area contributed by atoms with Crippen molar-refractivity contribution in [2.45, 2.75) is 37.6 Å². The van der Waals surface area contributed by atoms with Gasteiger partial charge in [0.05, 0.1) is 0 Å². The van der Waals surface area contributed by atoms with E-state index in [0.29, 0.717) is 12.0 Å². The first-order chi connectivity index (χ1) is 10.4. The summed E-state index contributed by atoms with van der Waals surface area (Å²) in [6.07, 6.45) is 6.62. The Kier molecular flexibility index (Phi) is 3.86. The Morgan fingerprint density at radius 1 is 1.24 bits per heavy atom. The van der Waals surface area contributed by atoms with Crippen molar-refractivity contribution in [3.8, 4) is 0 Å². The molecule has 0 spiro atoms. The fourth-order valence-electron chi connectivity index (χ4n) is 3.48. The van der Waals surface area contributed by atoms with Crippen LogP contribution >= 0.6 is 11.8 Å². The molecule has 0 aliphatic carbocycles. The number of nitrogens with zero attached hydrogens (tertiary/aromatic N) is 3. The second-order valence-corrected chi connectivity index (χ2v) is 7.09. The fraction of sp³-hybridized carbons (Fsp3) is 0.625. The predicted molar refractivity (Wildman–Crippen MR) is 85.9 cm³/mol. The largest absolute Gasteiger partial charge is 0.381 e. The SMILES string of the molecule is c1cnc2c(c1)nc(C1CCOCC1)n2C1CCCSC1. The number of thioether (sulfide) groups is 1. The van der Waals surface area contributed by atoms with E-state index in [4.69, 9.17) is 9.72 Å². The van der Waals surface area contributed by atoms with Crippen LogP contribution in [0.3, 0.4) is 0 Å². The number of fused-ring (bicyclic) bond motifs is 1. The molecule has 4 heterocycles. The summed E-state index contributed by atoms with van der Waals surface area (Å²) in [5, 5.41) is 0. The highest BCUT2D eigenvalue weighted by Gasteiger charge is 2.27. The van der Waals surface area contributed by atoms with Gasteiger partial charge in [0.2, 0.25) is 0 Å². The van der Waals surface area contributed by atoms with Crippen molar-refractivity contribution in [1.29, 1.82) is 0 Å². The van der Waals surface area contributed by atoms with Gasteiger partial charge in [-0.2, -0.15) is 11.8 Å². The van der Waals surface area contributed by atoms with E-state index in [9.17, 15) is 0 Å². The maximum Gasteiger partial charge on any atom is 0.160 e. The molecule has 1 atom stereocenters. The number of imidazole rings is 1. The summed E-state index contributed by atoms with van der Waals surface area (Å²) >= 11 is 2.06. The van der Waals surface area contributed by atoms with E-state index < -0.39 is 0 Å². The normalized spacial score (nSPS) is 24.5. The predicted octanol–water partition coefficient (Wildman–Crippen LogP) is 3.39. The van der Waals surface area contributed by atoms with Crippen LogP contribution < -0.4 is 0 Å². The molecule has 2 fully saturated rings. The van der Waals surface area contributed by atoms with Crippen molar-refractivity contribution in [2.75, 3.05) is 24.7 Å². The number of pyridine rings is 1. The maximum absolute atomic E-state index is 5.52. The van der Waals surface area contributed by atoms with Gasteiger partial charge in [-0.3, -0.25) is 0 Å². The zero-order chi connectivity index (χ0) is 14.1. The molecule has 4 rings (SSSR count). The van der Waals surface area contributed by atoms with Crippen molar-refractivity contribution in [3.63, 3.8) is 0 Å². The smallest absolute Gasteiger partial charge is 0.160 e. The van der Waals surface area contributed by atoms with Crippen LogP contribution in [0, 0.1) is 0 Å². The summed E-state index contributed by atoms with van der Waals surface area (Å²) < 4.78 is 7.98. The third-order valence-electron chi connectivity index (χ3n) is 4.56. The Morgan fingerprint density at radius 2 is 2.14 bits per heavy atom. The van der Waals surface area contributed by atoms with Gasteiger partial charge in [-0.15, -0.1) is 0 Å². The van der Waals surface area contributed by atoms with Crippen LogP contribution in [-0.4, -0.2) is 39.3 Å². The molecule has 0 N–H and O–H groups in total. The third kappa shape index (κ3) is 2.57. The van der Waals surface area contributed by atoms with Crippen molar-refractivity contribution in [1.82, 2.24) is 14.5 Å². The number of hydrogen-bond donors (Lipinski definition) is 0. The second kappa shape index (κ2) is 5.97. The van der Waals surface area contributed by atoms with E-state index in [1.165, 1.54) is 30.2 Å². The first-order valence-electron chi connectivity index (χ1n) is 7.92. The molecule has 21 heavy (non-hydrogen) atoms. The van der Waals surface area contributed by atoms with Crippen molar-refractivity contribution in [2.24, 2.45) is 0 Å². The highest BCUT2D eigenvalue weighted by molar-refractivity contribution is 7.99. The molecule has 2 aliphatic heterocycles. The maximum atomic E-state index is 5.52. The summed E-state index contributed by atoms with van der Waals surface area (Å²) in [5.41, 5.74) is 2.13. The highest BCUT2D eigenvalue weighted by atomic mass is 32.2. The van der Waals surface area contributed by atoms with Crippen molar-refractivity contribution >= 4 is 22.9 Å². The number of hydrogen-bond acceptors (Lipinski definition) is 4. The van der Waals surface area contributed by atoms with Crippen LogP contribution in [0.25, 0.3) is 11.2 Å². The van der Waals surface area contributed by atoms with Gasteiger partial charge in [-0.1, -0.05) is 0 Å². The first kappa shape index (κ1) is 13.6. The van der Waals surface area contributed by atoms with Crippen LogP contribution in [0.15, 0.2) is 18.3 Å². The molecule has 2 aromatic heterocycles. The van der Waals surface area contributed by atoms with Crippen LogP contribution in [-0.2, 0) is 4.74 Å². The molecule has 4 nitrogen and oxygen atoms in total. The Labute approximate surface area is 129 Å². The molecule has 0 bridgehead atoms. The summed E-state index contributed by atoms with van der Waals surface area (Å²) in [6.45, 7) is 1.72. The van der Waals surface area contributed by atoms with E-state index in [0.717, 1.165) is 37.2 Å². The Balaban J connectivity index is 1.79. The molecule has 0 saturated carbocycles. The molecule has 1 unspecified atom stereocenters. The molecule has 5 heteroatoms. The van der Waals surface area contributed by atoms with E-state index in [1.54, 1.807) is 0 Å². The van der Waals surface area contributed by atoms with Crippen LogP contribution in [0.4, 0.5) is 0 Å². The highest BCUT2D eigenvalue weighted by Crippen LogP contribution is 2.35. The summed E-state index contributed by atoms with van der Waals surface area (Å²) in [7, 11) is 0. The number of ether oxygens (including phenoxy) is 1. The lowest BCUT2D eigenvalue weighted by Crippen LogP contribution is -2.23. The summed E-state index contributed by atoms with van der Waals surface area (Å²) in [5.74, 6) is 4.26. The molecule has 0 aromatic carbocycles. The lowest BCUT2D eigenvalue weighted by atomic mass is 9.99. The minimum Gasteiger partial charge on any atom is -0.381 e. The molecular weight excluding hydrogens is 282 g/mol. The van der Waals surface area contributed by atoms with Gasteiger partial charge < -0.3 is 9.30 Å². The molecular formula is C16H21N3OS. The standard InChI is InChI=1S/C16H21N3OS/c1-4-14-16(17-7-1)19(13-3-2-10-21-11-13)15(18-14)12-5-8-20-9-6-12/h1,4,7,12-13H,2-3,5-6,8-11H2. The zero-order valence-corrected chi connectivity index (χ0v) is 13.0. The minimum absolute atomic E-state index is 0.528. The third-order valence-corrected chi connectivity index (χ3v) is 5.76. The van der Waals surface area contributed by atoms with Crippen LogP contribution in [0.2, 0.25) is 0 Å². The van der Waals surface area contributed by atoms with Crippen LogP contribution in [0.5, 0.6) is 0 Å². The first-order valence-corrected chi connectivity index (χ1v) is 9.07. The van der Waals surface area contributed by atoms with Crippen LogP contribution in [0.1, 0.15) is 43.5 Å². The topological polar surface area (TPSA) is 39.9 Å². The molecule has 2 aromatic rings. The Bertz CT molecular complexity index is 615. The lowest BCUT2D eigenvalue weighted by Gasteiger charge is -2.28. The van der Waals surface area contributed by atoms with E-state index in [1.807, 2.05) is 12.3 Å². The summed E-state index contributed by atoms with van der Waals surface area (Å²) in [6, 6.07) is 4.64. The summed E-state index contributed by atoms with van der Waals surface area (Å²) in [4.78, 5) is 9.58. The molecule has 0 radical (unpaired) electrons. The average Bonchev–Trinajstić information content (AvgIpc) is 2.96. The molecule has 112 valence electrons. The van der Waals surface area contributed by atoms with Crippen molar-refractivity contribution < 1.29 is 4.74 Å². The lowest BCUT2D eigenvalue weighted by molar-refractivity contribution is 0.0826. The number of aromatic nitrogens is 3. The quantitative estimate of drug-likeness (QED) is 0.852. The van der Waals surface area contributed by atoms with E-state index in [2.05, 4.69) is 27.4 Å². The molecule has 0 amide bonds. The van der Waals surface area contributed by atoms with Crippen molar-refractivity contribution in [3.05, 3.63) is 24.2 Å². The molecule has 2 saturated heterocycles. The second-order valence-electron chi connectivity index (χ2n) is 5.94. The Morgan fingerprint density at radius 3 is 2.95 bits per heavy atom. The van der Waals surface area contributed by atoms with E-state index in [-0.39, 0.29) is 0 Å². The fourth-order valence-corrected chi connectivity index (χ4v) is 4.60. The Hall–Kier alpha value is -1.07. The zero-order valence-electron chi connectivity index (χ0n) is 12.2. The van der Waals surface area contributed by atoms with Gasteiger partial charge in [0.25, 0.3) is 0 Å². The molecule has 2 aliphatic rings. The van der Waals surface area contributed by atoms with Gasteiger partial charge in [0, 0.05) is 37.1 Å². The van der Waals surface area contributed by atoms with Gasteiger partial charge >= 0.3 is 0 Å². The van der Waals surface area contributed by atoms with Gasteiger partial charge in [-0.25, -0.2) is 9.97 Å². The van der Waals surface area contributed by atoms with Gasteiger partial charge in [-0.05, 0) is 43.6 Å². The van der Waals surface area contributed by atoms with Gasteiger partial charge in [0.15, 0.2) is 5.65 Å².